The van der Waals surface area contributed by atoms with Gasteiger partial charge in [0.25, 0.3) is 5.91 Å². The minimum atomic E-state index is -1.12. The van der Waals surface area contributed by atoms with Crippen LogP contribution in [-0.2, 0) is 14.4 Å². The Bertz CT molecular complexity index is 1740. The van der Waals surface area contributed by atoms with Crippen molar-refractivity contribution in [2.45, 2.75) is 58.4 Å². The summed E-state index contributed by atoms with van der Waals surface area (Å²) in [6.45, 7) is 5.80. The van der Waals surface area contributed by atoms with Gasteiger partial charge in [-0.3, -0.25) is 19.2 Å². The first-order chi connectivity index (χ1) is 21.9. The zero-order valence-electron chi connectivity index (χ0n) is 25.9. The fourth-order valence-corrected chi connectivity index (χ4v) is 5.26. The molecule has 1 aliphatic heterocycles. The molecular formula is C33H36FN5O7. The lowest BCUT2D eigenvalue weighted by Gasteiger charge is -2.33. The number of halogens is 1. The van der Waals surface area contributed by atoms with Crippen LogP contribution in [0.3, 0.4) is 0 Å². The second-order valence-electron chi connectivity index (χ2n) is 12.3. The zero-order valence-corrected chi connectivity index (χ0v) is 25.9. The van der Waals surface area contributed by atoms with Crippen LogP contribution in [0.5, 0.6) is 5.88 Å². The van der Waals surface area contributed by atoms with E-state index in [4.69, 9.17) is 9.26 Å². The van der Waals surface area contributed by atoms with E-state index in [1.54, 1.807) is 56.0 Å². The van der Waals surface area contributed by atoms with Gasteiger partial charge in [-0.15, -0.1) is 0 Å². The van der Waals surface area contributed by atoms with Gasteiger partial charge in [0, 0.05) is 48.4 Å². The molecule has 2 N–H and O–H groups in total. The maximum Gasteiger partial charge on any atom is 0.303 e. The van der Waals surface area contributed by atoms with Crippen LogP contribution in [0.25, 0.3) is 16.7 Å². The minimum absolute atomic E-state index is 0.0200. The first kappa shape index (κ1) is 32.3. The van der Waals surface area contributed by atoms with Gasteiger partial charge in [0.1, 0.15) is 18.5 Å². The molecule has 2 aromatic carbocycles. The van der Waals surface area contributed by atoms with Gasteiger partial charge < -0.3 is 24.6 Å². The number of benzene rings is 2. The number of carbonyl (C=O) groups excluding carboxylic acids is 3. The van der Waals surface area contributed by atoms with E-state index in [2.05, 4.69) is 15.6 Å². The molecule has 0 aliphatic carbocycles. The first-order valence-corrected chi connectivity index (χ1v) is 15.1. The molecule has 5 rings (SSSR count). The van der Waals surface area contributed by atoms with Crippen molar-refractivity contribution >= 4 is 34.5 Å². The van der Waals surface area contributed by atoms with Gasteiger partial charge in [-0.2, -0.15) is 5.10 Å². The number of aromatic nitrogens is 3. The largest absolute Gasteiger partial charge is 0.481 e. The molecule has 1 fully saturated rings. The Morgan fingerprint density at radius 2 is 1.80 bits per heavy atom. The fourth-order valence-electron chi connectivity index (χ4n) is 5.26. The molecule has 4 aromatic rings. The smallest absolute Gasteiger partial charge is 0.303 e. The molecule has 242 valence electrons. The predicted octanol–water partition coefficient (Wildman–Crippen LogP) is 4.52. The summed E-state index contributed by atoms with van der Waals surface area (Å²) in [4.78, 5) is 52.7. The Hall–Kier alpha value is -5.07. The number of fused-ring (bicyclic) bond motifs is 1. The molecule has 3 heterocycles. The van der Waals surface area contributed by atoms with E-state index < -0.39 is 35.1 Å². The highest BCUT2D eigenvalue weighted by atomic mass is 19.1. The summed E-state index contributed by atoms with van der Waals surface area (Å²) in [6, 6.07) is 13.4. The van der Waals surface area contributed by atoms with E-state index in [1.807, 2.05) is 6.07 Å². The van der Waals surface area contributed by atoms with Crippen molar-refractivity contribution in [3.05, 3.63) is 71.8 Å². The molecule has 13 heteroatoms. The first-order valence-electron chi connectivity index (χ1n) is 15.1. The number of nitrogens with one attached hydrogen (secondary N) is 1. The molecule has 0 saturated carbocycles. The highest BCUT2D eigenvalue weighted by molar-refractivity contribution is 5.96. The van der Waals surface area contributed by atoms with Gasteiger partial charge in [0.15, 0.2) is 17.1 Å². The summed E-state index contributed by atoms with van der Waals surface area (Å²) in [5.41, 5.74) is 0.948. The van der Waals surface area contributed by atoms with E-state index in [0.717, 1.165) is 5.39 Å². The second-order valence-corrected chi connectivity index (χ2v) is 12.3. The van der Waals surface area contributed by atoms with Crippen LogP contribution < -0.4 is 10.1 Å². The van der Waals surface area contributed by atoms with Crippen LogP contribution in [-0.4, -0.2) is 74.2 Å². The van der Waals surface area contributed by atoms with Crippen LogP contribution in [0.4, 0.5) is 4.39 Å². The van der Waals surface area contributed by atoms with E-state index in [1.165, 1.54) is 22.9 Å². The van der Waals surface area contributed by atoms with Crippen molar-refractivity contribution in [2.24, 2.45) is 5.41 Å². The van der Waals surface area contributed by atoms with Crippen LogP contribution >= 0.6 is 0 Å². The number of ether oxygens (including phenoxy) is 1. The number of rotatable bonds is 11. The fraction of sp³-hybridized carbons (Fsp3) is 0.394. The molecule has 2 amide bonds. The number of carboxylic acid groups (broad SMARTS) is 1. The summed E-state index contributed by atoms with van der Waals surface area (Å²) in [5.74, 6) is -2.63. The molecule has 12 nitrogen and oxygen atoms in total. The standard InChI is InChI=1S/C33H36FN5O7/c1-33(2,3)27(40)19-45-28-18-25(36-39(28)22-7-5-4-6-8-22)31(43)35-24(11-12-29(41)42)32(44)38-15-13-20(14-16-38)30-23-10-9-21(34)17-26(23)46-37-30/h4-10,17-18,20,24H,11-16,19H2,1-3H3,(H,35,43)(H,41,42). The molecule has 1 atom stereocenters. The monoisotopic (exact) mass is 633 g/mol. The van der Waals surface area contributed by atoms with Crippen molar-refractivity contribution < 1.29 is 37.9 Å². The third-order valence-electron chi connectivity index (χ3n) is 8.00. The molecule has 1 aliphatic rings. The lowest BCUT2D eigenvalue weighted by atomic mass is 9.91. The summed E-state index contributed by atoms with van der Waals surface area (Å²) in [6.07, 6.45) is 0.651. The van der Waals surface area contributed by atoms with Crippen molar-refractivity contribution in [1.82, 2.24) is 25.2 Å². The van der Waals surface area contributed by atoms with Gasteiger partial charge in [-0.1, -0.05) is 44.1 Å². The van der Waals surface area contributed by atoms with Gasteiger partial charge in [0.05, 0.1) is 11.4 Å². The number of nitrogens with zero attached hydrogens (tertiary/aromatic N) is 4. The van der Waals surface area contributed by atoms with Crippen LogP contribution in [0, 0.1) is 11.2 Å². The number of carboxylic acids is 1. The Morgan fingerprint density at radius 3 is 2.48 bits per heavy atom. The molecular weight excluding hydrogens is 597 g/mol. The topological polar surface area (TPSA) is 157 Å². The summed E-state index contributed by atoms with van der Waals surface area (Å²) in [7, 11) is 0. The number of amides is 2. The van der Waals surface area contributed by atoms with Crippen molar-refractivity contribution in [3.8, 4) is 11.6 Å². The Balaban J connectivity index is 1.30. The van der Waals surface area contributed by atoms with Crippen LogP contribution in [0.2, 0.25) is 0 Å². The number of likely N-dealkylation sites (tertiary alicyclic amines) is 1. The Labute approximate surface area is 264 Å². The number of hydrogen-bond donors (Lipinski definition) is 2. The van der Waals surface area contributed by atoms with Gasteiger partial charge in [0.2, 0.25) is 11.8 Å². The number of para-hydroxylation sites is 1. The van der Waals surface area contributed by atoms with Gasteiger partial charge >= 0.3 is 5.97 Å². The van der Waals surface area contributed by atoms with E-state index in [9.17, 15) is 28.7 Å². The molecule has 2 aromatic heterocycles. The van der Waals surface area contributed by atoms with E-state index in [0.29, 0.717) is 42.9 Å². The maximum absolute atomic E-state index is 13.6. The molecule has 1 saturated heterocycles. The van der Waals surface area contributed by atoms with Crippen LogP contribution in [0.1, 0.15) is 68.6 Å². The van der Waals surface area contributed by atoms with E-state index >= 15 is 0 Å². The highest BCUT2D eigenvalue weighted by Gasteiger charge is 2.33. The molecule has 0 spiro atoms. The molecule has 0 radical (unpaired) electrons. The van der Waals surface area contributed by atoms with Crippen molar-refractivity contribution in [3.63, 3.8) is 0 Å². The average molecular weight is 634 g/mol. The Kier molecular flexibility index (Phi) is 9.49. The number of carbonyl (C=O) groups is 4. The SMILES string of the molecule is CC(C)(C)C(=O)COc1cc(C(=O)NC(CCC(=O)O)C(=O)N2CCC(c3noc4cc(F)ccc34)CC2)nn1-c1ccccc1. The Morgan fingerprint density at radius 1 is 1.09 bits per heavy atom. The van der Waals surface area contributed by atoms with Gasteiger partial charge in [-0.25, -0.2) is 9.07 Å². The maximum atomic E-state index is 13.6. The number of piperidine rings is 1. The van der Waals surface area contributed by atoms with Gasteiger partial charge in [-0.05, 0) is 43.5 Å². The lowest BCUT2D eigenvalue weighted by Crippen LogP contribution is -2.50. The van der Waals surface area contributed by atoms with Crippen molar-refractivity contribution in [2.75, 3.05) is 19.7 Å². The predicted molar refractivity (Wildman–Crippen MR) is 164 cm³/mol. The van der Waals surface area contributed by atoms with Crippen molar-refractivity contribution in [1.29, 1.82) is 0 Å². The zero-order chi connectivity index (χ0) is 33.0. The second kappa shape index (κ2) is 13.5. The van der Waals surface area contributed by atoms with Crippen LogP contribution in [0.15, 0.2) is 59.1 Å². The number of ketones is 1. The quantitative estimate of drug-likeness (QED) is 0.242. The number of hydrogen-bond acceptors (Lipinski definition) is 8. The summed E-state index contributed by atoms with van der Waals surface area (Å²) < 4.78 is 26.1. The summed E-state index contributed by atoms with van der Waals surface area (Å²) >= 11 is 0. The molecule has 1 unspecified atom stereocenters. The highest BCUT2D eigenvalue weighted by Crippen LogP contribution is 2.33. The third-order valence-corrected chi connectivity index (χ3v) is 8.00. The molecule has 46 heavy (non-hydrogen) atoms. The number of aliphatic carboxylic acids is 1. The van der Waals surface area contributed by atoms with E-state index in [-0.39, 0.29) is 42.7 Å². The third kappa shape index (κ3) is 7.41. The number of Topliss-reactive ketones (excluding diaryl/α,β-unsaturated/α-hetero) is 1. The normalized spacial score (nSPS) is 14.7. The molecule has 0 bridgehead atoms. The summed E-state index contributed by atoms with van der Waals surface area (Å²) in [5, 5.41) is 21.3. The minimum Gasteiger partial charge on any atom is -0.481 e. The average Bonchev–Trinajstić information content (AvgIpc) is 3.66. The lowest BCUT2D eigenvalue weighted by molar-refractivity contribution is -0.138.